The second kappa shape index (κ2) is 5.61. The smallest absolute Gasteiger partial charge is 0.283 e. The van der Waals surface area contributed by atoms with Crippen LogP contribution in [0.15, 0.2) is 18.2 Å². The number of likely N-dealkylation sites (tertiary alicyclic amines) is 1. The largest absolute Gasteiger partial charge is 0.338 e. The van der Waals surface area contributed by atoms with E-state index in [0.717, 1.165) is 19.4 Å². The second-order valence-corrected chi connectivity index (χ2v) is 5.95. The third-order valence-corrected chi connectivity index (χ3v) is 4.66. The Morgan fingerprint density at radius 1 is 1.43 bits per heavy atom. The lowest BCUT2D eigenvalue weighted by molar-refractivity contribution is -0.385. The van der Waals surface area contributed by atoms with Gasteiger partial charge >= 0.3 is 0 Å². The number of halogens is 1. The van der Waals surface area contributed by atoms with Crippen LogP contribution >= 0.6 is 11.6 Å². The molecular weight excluding hydrogens is 294 g/mol. The van der Waals surface area contributed by atoms with E-state index in [1.165, 1.54) is 18.2 Å². The highest BCUT2D eigenvalue weighted by Gasteiger charge is 2.36. The lowest BCUT2D eigenvalue weighted by Crippen LogP contribution is -2.47. The quantitative estimate of drug-likeness (QED) is 0.670. The number of nitro groups is 1. The molecule has 6 nitrogen and oxygen atoms in total. The molecule has 1 aromatic rings. The Hall–Kier alpha value is -1.66. The number of carbonyl (C=O) groups is 1. The van der Waals surface area contributed by atoms with Crippen molar-refractivity contribution in [1.82, 2.24) is 10.2 Å². The Balaban J connectivity index is 1.87. The summed E-state index contributed by atoms with van der Waals surface area (Å²) in [5.41, 5.74) is -0.215. The first kappa shape index (κ1) is 14.3. The van der Waals surface area contributed by atoms with E-state index in [1.807, 2.05) is 0 Å². The summed E-state index contributed by atoms with van der Waals surface area (Å²) >= 11 is 6.03. The van der Waals surface area contributed by atoms with Crippen molar-refractivity contribution in [3.63, 3.8) is 0 Å². The minimum atomic E-state index is -0.553. The first-order valence-corrected chi connectivity index (χ1v) is 7.41. The minimum Gasteiger partial charge on any atom is -0.338 e. The molecule has 1 amide bonds. The number of hydrogen-bond acceptors (Lipinski definition) is 4. The molecule has 0 radical (unpaired) electrons. The van der Waals surface area contributed by atoms with Crippen LogP contribution in [0.2, 0.25) is 5.02 Å². The van der Waals surface area contributed by atoms with Crippen LogP contribution < -0.4 is 5.32 Å². The molecule has 1 N–H and O–H groups in total. The number of nitrogens with zero attached hydrogens (tertiary/aromatic N) is 2. The van der Waals surface area contributed by atoms with Gasteiger partial charge in [0.1, 0.15) is 5.56 Å². The van der Waals surface area contributed by atoms with Gasteiger partial charge in [-0.3, -0.25) is 14.9 Å². The summed E-state index contributed by atoms with van der Waals surface area (Å²) in [5.74, 6) is 0.0990. The van der Waals surface area contributed by atoms with Crippen LogP contribution in [-0.4, -0.2) is 41.4 Å². The average Bonchev–Trinajstić information content (AvgIpc) is 2.93. The summed E-state index contributed by atoms with van der Waals surface area (Å²) in [7, 11) is 0. The average molecular weight is 310 g/mol. The van der Waals surface area contributed by atoms with Gasteiger partial charge in [0.05, 0.1) is 9.95 Å². The maximum atomic E-state index is 12.7. The number of nitro benzene ring substituents is 1. The van der Waals surface area contributed by atoms with Crippen molar-refractivity contribution in [2.75, 3.05) is 19.6 Å². The first-order valence-electron chi connectivity index (χ1n) is 7.03. The molecule has 0 saturated carbocycles. The predicted molar refractivity (Wildman–Crippen MR) is 78.5 cm³/mol. The van der Waals surface area contributed by atoms with Gasteiger partial charge in [-0.15, -0.1) is 0 Å². The molecule has 7 heteroatoms. The lowest BCUT2D eigenvalue weighted by atomic mass is 9.93. The lowest BCUT2D eigenvalue weighted by Gasteiger charge is -2.34. The van der Waals surface area contributed by atoms with E-state index in [4.69, 9.17) is 11.6 Å². The molecule has 1 aromatic carbocycles. The van der Waals surface area contributed by atoms with Gasteiger partial charge in [0, 0.05) is 25.2 Å². The molecule has 112 valence electrons. The Kier molecular flexibility index (Phi) is 3.82. The minimum absolute atomic E-state index is 0.00794. The van der Waals surface area contributed by atoms with Crippen LogP contribution in [-0.2, 0) is 0 Å². The molecule has 0 aromatic heterocycles. The highest BCUT2D eigenvalue weighted by molar-refractivity contribution is 6.34. The summed E-state index contributed by atoms with van der Waals surface area (Å²) in [6, 6.07) is 4.80. The number of fused-ring (bicyclic) bond motifs is 1. The Morgan fingerprint density at radius 2 is 2.24 bits per heavy atom. The summed E-state index contributed by atoms with van der Waals surface area (Å²) in [6.45, 7) is 2.22. The van der Waals surface area contributed by atoms with Gasteiger partial charge in [-0.2, -0.15) is 0 Å². The summed E-state index contributed by atoms with van der Waals surface area (Å²) in [4.78, 5) is 24.9. The Morgan fingerprint density at radius 3 is 3.00 bits per heavy atom. The van der Waals surface area contributed by atoms with E-state index in [-0.39, 0.29) is 22.2 Å². The van der Waals surface area contributed by atoms with Gasteiger partial charge in [0.15, 0.2) is 0 Å². The summed E-state index contributed by atoms with van der Waals surface area (Å²) in [5, 5.41) is 14.7. The second-order valence-electron chi connectivity index (χ2n) is 5.54. The number of nitrogens with one attached hydrogen (secondary N) is 1. The van der Waals surface area contributed by atoms with Crippen LogP contribution in [0, 0.1) is 16.0 Å². The SMILES string of the molecule is O=C(c1c(Cl)cccc1[N+](=O)[O-])N1CCC2NCCC2C1. The first-order chi connectivity index (χ1) is 10.1. The fourth-order valence-electron chi connectivity index (χ4n) is 3.27. The molecule has 0 aliphatic carbocycles. The van der Waals surface area contributed by atoms with E-state index >= 15 is 0 Å². The van der Waals surface area contributed by atoms with Crippen LogP contribution in [0.5, 0.6) is 0 Å². The maximum absolute atomic E-state index is 12.7. The normalized spacial score (nSPS) is 24.7. The van der Waals surface area contributed by atoms with Crippen molar-refractivity contribution in [3.8, 4) is 0 Å². The number of piperidine rings is 1. The summed E-state index contributed by atoms with van der Waals surface area (Å²) < 4.78 is 0. The number of benzene rings is 1. The molecule has 2 saturated heterocycles. The van der Waals surface area contributed by atoms with E-state index in [9.17, 15) is 14.9 Å². The molecule has 2 unspecified atom stereocenters. The van der Waals surface area contributed by atoms with Gasteiger partial charge in [-0.1, -0.05) is 17.7 Å². The van der Waals surface area contributed by atoms with Crippen molar-refractivity contribution in [2.45, 2.75) is 18.9 Å². The molecule has 2 aliphatic heterocycles. The van der Waals surface area contributed by atoms with E-state index in [0.29, 0.717) is 25.0 Å². The van der Waals surface area contributed by atoms with Crippen molar-refractivity contribution in [3.05, 3.63) is 38.9 Å². The molecule has 0 spiro atoms. The van der Waals surface area contributed by atoms with Gasteiger partial charge in [-0.25, -0.2) is 0 Å². The number of hydrogen-bond donors (Lipinski definition) is 1. The fraction of sp³-hybridized carbons (Fsp3) is 0.500. The van der Waals surface area contributed by atoms with Crippen molar-refractivity contribution in [1.29, 1.82) is 0 Å². The number of rotatable bonds is 2. The zero-order chi connectivity index (χ0) is 15.0. The monoisotopic (exact) mass is 309 g/mol. The third kappa shape index (κ3) is 2.61. The predicted octanol–water partition coefficient (Wildman–Crippen LogP) is 2.07. The molecular formula is C14H16ClN3O3. The van der Waals surface area contributed by atoms with E-state index in [1.54, 1.807) is 4.90 Å². The molecule has 2 heterocycles. The standard InChI is InChI=1S/C14H16ClN3O3/c15-10-2-1-3-12(18(20)21)13(10)14(19)17-7-5-11-9(8-17)4-6-16-11/h1-3,9,11,16H,4-8H2. The van der Waals surface area contributed by atoms with E-state index in [2.05, 4.69) is 5.32 Å². The van der Waals surface area contributed by atoms with Gasteiger partial charge in [0.25, 0.3) is 11.6 Å². The van der Waals surface area contributed by atoms with Crippen molar-refractivity contribution in [2.24, 2.45) is 5.92 Å². The van der Waals surface area contributed by atoms with Gasteiger partial charge < -0.3 is 10.2 Å². The van der Waals surface area contributed by atoms with Crippen molar-refractivity contribution >= 4 is 23.2 Å². The Bertz CT molecular complexity index is 593. The highest BCUT2D eigenvalue weighted by atomic mass is 35.5. The van der Waals surface area contributed by atoms with Crippen LogP contribution in [0.4, 0.5) is 5.69 Å². The van der Waals surface area contributed by atoms with Crippen LogP contribution in [0.3, 0.4) is 0 Å². The third-order valence-electron chi connectivity index (χ3n) is 4.34. The van der Waals surface area contributed by atoms with Gasteiger partial charge in [0.2, 0.25) is 0 Å². The Labute approximate surface area is 127 Å². The van der Waals surface area contributed by atoms with Gasteiger partial charge in [-0.05, 0) is 31.4 Å². The number of carbonyl (C=O) groups excluding carboxylic acids is 1. The molecule has 21 heavy (non-hydrogen) atoms. The molecule has 2 aliphatic rings. The molecule has 2 atom stereocenters. The molecule has 2 fully saturated rings. The fourth-order valence-corrected chi connectivity index (χ4v) is 3.52. The zero-order valence-corrected chi connectivity index (χ0v) is 12.2. The maximum Gasteiger partial charge on any atom is 0.283 e. The van der Waals surface area contributed by atoms with Crippen LogP contribution in [0.25, 0.3) is 0 Å². The number of amides is 1. The van der Waals surface area contributed by atoms with E-state index < -0.39 is 4.92 Å². The topological polar surface area (TPSA) is 75.5 Å². The molecule has 3 rings (SSSR count). The summed E-state index contributed by atoms with van der Waals surface area (Å²) in [6.07, 6.45) is 1.92. The molecule has 0 bridgehead atoms. The highest BCUT2D eigenvalue weighted by Crippen LogP contribution is 2.31. The van der Waals surface area contributed by atoms with Crippen molar-refractivity contribution < 1.29 is 9.72 Å². The van der Waals surface area contributed by atoms with Crippen LogP contribution in [0.1, 0.15) is 23.2 Å². The zero-order valence-electron chi connectivity index (χ0n) is 11.4.